The Labute approximate surface area is 160 Å². The van der Waals surface area contributed by atoms with E-state index in [1.165, 1.54) is 11.9 Å². The third kappa shape index (κ3) is 4.45. The number of aromatic hydroxyl groups is 1. The summed E-state index contributed by atoms with van der Waals surface area (Å²) in [5.74, 6) is 0.109. The summed E-state index contributed by atoms with van der Waals surface area (Å²) in [5, 5.41) is 22.5. The van der Waals surface area contributed by atoms with E-state index in [1.54, 1.807) is 12.1 Å². The molecule has 3 rings (SSSR count). The van der Waals surface area contributed by atoms with Crippen molar-refractivity contribution in [2.45, 2.75) is 6.54 Å². The molecule has 0 amide bonds. The van der Waals surface area contributed by atoms with Crippen LogP contribution in [0.4, 0.5) is 5.69 Å². The fourth-order valence-electron chi connectivity index (χ4n) is 3.02. The van der Waals surface area contributed by atoms with Crippen molar-refractivity contribution in [1.29, 1.82) is 0 Å². The van der Waals surface area contributed by atoms with Crippen molar-refractivity contribution in [1.82, 2.24) is 4.90 Å². The number of oxime groups is 1. The molecule has 0 bridgehead atoms. The first-order valence-electron chi connectivity index (χ1n) is 7.98. The van der Waals surface area contributed by atoms with Crippen LogP contribution < -0.4 is 4.90 Å². The van der Waals surface area contributed by atoms with Gasteiger partial charge in [0, 0.05) is 59.0 Å². The fourth-order valence-corrected chi connectivity index (χ4v) is 3.53. The molecule has 1 heterocycles. The molecule has 0 spiro atoms. The highest BCUT2D eigenvalue weighted by Gasteiger charge is 2.19. The molecule has 0 unspecified atom stereocenters. The summed E-state index contributed by atoms with van der Waals surface area (Å²) < 4.78 is 1.08. The number of hydrogen-bond donors (Lipinski definition) is 2. The number of phenolic OH excluding ortho intramolecular Hbond substituents is 1. The summed E-state index contributed by atoms with van der Waals surface area (Å²) in [5.41, 5.74) is 2.37. The lowest BCUT2D eigenvalue weighted by Crippen LogP contribution is -2.45. The number of hydrogen-bond acceptors (Lipinski definition) is 5. The van der Waals surface area contributed by atoms with Gasteiger partial charge in [-0.2, -0.15) is 0 Å². The van der Waals surface area contributed by atoms with E-state index in [-0.39, 0.29) is 5.75 Å². The fraction of sp³-hybridized carbons (Fsp3) is 0.278. The number of anilines is 1. The quantitative estimate of drug-likeness (QED) is 0.443. The van der Waals surface area contributed by atoms with Crippen molar-refractivity contribution in [3.05, 3.63) is 57.0 Å². The largest absolute Gasteiger partial charge is 0.507 e. The van der Waals surface area contributed by atoms with Gasteiger partial charge in [-0.3, -0.25) is 4.90 Å². The Morgan fingerprint density at radius 3 is 2.44 bits per heavy atom. The average molecular weight is 425 g/mol. The maximum atomic E-state index is 10.3. The number of rotatable bonds is 4. The molecule has 0 atom stereocenters. The molecule has 0 aromatic heterocycles. The van der Waals surface area contributed by atoms with Crippen LogP contribution in [0.1, 0.15) is 11.1 Å². The van der Waals surface area contributed by atoms with E-state index < -0.39 is 0 Å². The second-order valence-electron chi connectivity index (χ2n) is 5.99. The van der Waals surface area contributed by atoms with Crippen LogP contribution in [-0.2, 0) is 6.54 Å². The van der Waals surface area contributed by atoms with Gasteiger partial charge in [0.2, 0.25) is 0 Å². The molecule has 25 heavy (non-hydrogen) atoms. The van der Waals surface area contributed by atoms with Gasteiger partial charge in [-0.1, -0.05) is 32.7 Å². The molecule has 1 aliphatic heterocycles. The van der Waals surface area contributed by atoms with Crippen molar-refractivity contribution >= 4 is 39.4 Å². The van der Waals surface area contributed by atoms with Gasteiger partial charge in [0.15, 0.2) is 0 Å². The third-order valence-electron chi connectivity index (χ3n) is 4.34. The van der Waals surface area contributed by atoms with E-state index in [2.05, 4.69) is 55.2 Å². The maximum absolute atomic E-state index is 10.3. The number of piperazine rings is 1. The summed E-state index contributed by atoms with van der Waals surface area (Å²) in [6.07, 6.45) is 1.19. The van der Waals surface area contributed by atoms with Gasteiger partial charge in [0.05, 0.1) is 6.21 Å². The molecule has 1 aliphatic rings. The standard InChI is InChI=1S/C18H19BrClN3O2/c19-15-1-3-17(4-2-15)23-7-5-22(6-8-23)12-14-10-16(20)9-13(11-21-25)18(14)24/h1-4,9-11,24-25H,5-8,12H2/b21-11+. The second kappa shape index (κ2) is 8.08. The summed E-state index contributed by atoms with van der Waals surface area (Å²) >= 11 is 9.57. The lowest BCUT2D eigenvalue weighted by Gasteiger charge is -2.36. The minimum absolute atomic E-state index is 0.109. The lowest BCUT2D eigenvalue weighted by molar-refractivity contribution is 0.246. The van der Waals surface area contributed by atoms with Gasteiger partial charge in [-0.25, -0.2) is 0 Å². The van der Waals surface area contributed by atoms with Crippen LogP contribution in [0.5, 0.6) is 5.75 Å². The Hall–Kier alpha value is -1.76. The Morgan fingerprint density at radius 2 is 1.80 bits per heavy atom. The van der Waals surface area contributed by atoms with Gasteiger partial charge in [0.1, 0.15) is 5.75 Å². The number of nitrogens with zero attached hydrogens (tertiary/aromatic N) is 3. The zero-order valence-corrected chi connectivity index (χ0v) is 15.9. The number of benzene rings is 2. The van der Waals surface area contributed by atoms with Crippen LogP contribution in [0.25, 0.3) is 0 Å². The molecule has 7 heteroatoms. The summed E-state index contributed by atoms with van der Waals surface area (Å²) in [6, 6.07) is 11.7. The Bertz CT molecular complexity index is 760. The Kier molecular flexibility index (Phi) is 5.83. The lowest BCUT2D eigenvalue weighted by atomic mass is 10.1. The predicted molar refractivity (Wildman–Crippen MR) is 104 cm³/mol. The van der Waals surface area contributed by atoms with Crippen molar-refractivity contribution in [2.75, 3.05) is 31.1 Å². The Morgan fingerprint density at radius 1 is 1.12 bits per heavy atom. The van der Waals surface area contributed by atoms with Crippen molar-refractivity contribution < 1.29 is 10.3 Å². The van der Waals surface area contributed by atoms with Gasteiger partial charge in [-0.05, 0) is 36.4 Å². The van der Waals surface area contributed by atoms with Crippen LogP contribution in [0.15, 0.2) is 46.0 Å². The maximum Gasteiger partial charge on any atom is 0.129 e. The highest BCUT2D eigenvalue weighted by molar-refractivity contribution is 9.10. The summed E-state index contributed by atoms with van der Waals surface area (Å²) in [7, 11) is 0. The summed E-state index contributed by atoms with van der Waals surface area (Å²) in [6.45, 7) is 4.24. The molecular weight excluding hydrogens is 406 g/mol. The third-order valence-corrected chi connectivity index (χ3v) is 5.08. The van der Waals surface area contributed by atoms with E-state index in [0.29, 0.717) is 17.1 Å². The molecule has 1 saturated heterocycles. The number of phenols is 1. The van der Waals surface area contributed by atoms with Crippen molar-refractivity contribution in [2.24, 2.45) is 5.16 Å². The monoisotopic (exact) mass is 423 g/mol. The van der Waals surface area contributed by atoms with E-state index in [0.717, 1.165) is 36.2 Å². The molecule has 0 saturated carbocycles. The first-order valence-corrected chi connectivity index (χ1v) is 9.15. The zero-order valence-electron chi connectivity index (χ0n) is 13.6. The molecule has 2 N–H and O–H groups in total. The normalized spacial score (nSPS) is 15.8. The highest BCUT2D eigenvalue weighted by Crippen LogP contribution is 2.28. The van der Waals surface area contributed by atoms with Crippen LogP contribution >= 0.6 is 27.5 Å². The molecule has 132 valence electrons. The predicted octanol–water partition coefficient (Wildman–Crippen LogP) is 3.94. The summed E-state index contributed by atoms with van der Waals surface area (Å²) in [4.78, 5) is 4.63. The van der Waals surface area contributed by atoms with E-state index in [9.17, 15) is 5.11 Å². The first kappa shape index (κ1) is 18.0. The number of halogens is 2. The van der Waals surface area contributed by atoms with Crippen LogP contribution in [0.2, 0.25) is 5.02 Å². The van der Waals surface area contributed by atoms with E-state index in [4.69, 9.17) is 16.8 Å². The molecule has 0 aliphatic carbocycles. The van der Waals surface area contributed by atoms with Gasteiger partial charge in [-0.15, -0.1) is 0 Å². The van der Waals surface area contributed by atoms with Crippen molar-refractivity contribution in [3.63, 3.8) is 0 Å². The second-order valence-corrected chi connectivity index (χ2v) is 7.34. The molecule has 5 nitrogen and oxygen atoms in total. The minimum atomic E-state index is 0.109. The molecule has 1 fully saturated rings. The molecule has 2 aromatic carbocycles. The topological polar surface area (TPSA) is 59.3 Å². The van der Waals surface area contributed by atoms with Crippen LogP contribution in [0.3, 0.4) is 0 Å². The molecular formula is C18H19BrClN3O2. The van der Waals surface area contributed by atoms with E-state index in [1.807, 2.05) is 0 Å². The highest BCUT2D eigenvalue weighted by atomic mass is 79.9. The van der Waals surface area contributed by atoms with Crippen molar-refractivity contribution in [3.8, 4) is 5.75 Å². The SMILES string of the molecule is O/N=C/c1cc(Cl)cc(CN2CCN(c3ccc(Br)cc3)CC2)c1O. The van der Waals surface area contributed by atoms with Gasteiger partial charge >= 0.3 is 0 Å². The van der Waals surface area contributed by atoms with Crippen LogP contribution in [0, 0.1) is 0 Å². The molecule has 0 radical (unpaired) electrons. The van der Waals surface area contributed by atoms with Gasteiger partial charge in [0.25, 0.3) is 0 Å². The molecule has 2 aromatic rings. The van der Waals surface area contributed by atoms with Crippen LogP contribution in [-0.4, -0.2) is 47.6 Å². The average Bonchev–Trinajstić information content (AvgIpc) is 2.61. The van der Waals surface area contributed by atoms with E-state index >= 15 is 0 Å². The first-order chi connectivity index (χ1) is 12.1. The minimum Gasteiger partial charge on any atom is -0.507 e. The van der Waals surface area contributed by atoms with Gasteiger partial charge < -0.3 is 15.2 Å². The zero-order chi connectivity index (χ0) is 17.8. The smallest absolute Gasteiger partial charge is 0.129 e. The Balaban J connectivity index is 1.65.